The molecule has 0 unspecified atom stereocenters. The quantitative estimate of drug-likeness (QED) is 0.739. The lowest BCUT2D eigenvalue weighted by Crippen LogP contribution is -2.21. The van der Waals surface area contributed by atoms with Gasteiger partial charge < -0.3 is 20.1 Å². The van der Waals surface area contributed by atoms with Gasteiger partial charge in [-0.05, 0) is 58.2 Å². The molecule has 0 saturated heterocycles. The number of rotatable bonds is 6. The number of benzene rings is 2. The molecule has 24 heavy (non-hydrogen) atoms. The molecule has 2 aromatic rings. The average molecular weight is 391 g/mol. The number of hydrogen-bond donors (Lipinski definition) is 2. The van der Waals surface area contributed by atoms with Crippen LogP contribution in [0, 0.1) is 6.92 Å². The van der Waals surface area contributed by atoms with Crippen molar-refractivity contribution in [3.05, 3.63) is 52.0 Å². The highest BCUT2D eigenvalue weighted by Crippen LogP contribution is 2.32. The zero-order valence-electron chi connectivity index (χ0n) is 13.4. The Hall–Kier alpha value is -2.05. The topological polar surface area (TPSA) is 59.6 Å². The number of nitrogens with one attached hydrogen (secondary N) is 2. The number of fused-ring (bicyclic) bond motifs is 1. The summed E-state index contributed by atoms with van der Waals surface area (Å²) in [5, 5.41) is 6.17. The smallest absolute Gasteiger partial charge is 0.231 e. The van der Waals surface area contributed by atoms with Gasteiger partial charge in [0.25, 0.3) is 0 Å². The summed E-state index contributed by atoms with van der Waals surface area (Å²) in [6.07, 6.45) is 0.408. The Morgan fingerprint density at radius 1 is 1.17 bits per heavy atom. The van der Waals surface area contributed by atoms with E-state index >= 15 is 0 Å². The zero-order chi connectivity index (χ0) is 16.9. The highest BCUT2D eigenvalue weighted by atomic mass is 79.9. The number of aryl methyl sites for hydroxylation is 1. The molecule has 0 bridgehead atoms. The van der Waals surface area contributed by atoms with Gasteiger partial charge in [0.2, 0.25) is 12.7 Å². The molecule has 0 spiro atoms. The third-order valence-corrected chi connectivity index (χ3v) is 4.35. The summed E-state index contributed by atoms with van der Waals surface area (Å²) < 4.78 is 11.5. The van der Waals surface area contributed by atoms with Crippen molar-refractivity contribution in [3.8, 4) is 11.5 Å². The van der Waals surface area contributed by atoms with Crippen LogP contribution in [0.2, 0.25) is 0 Å². The van der Waals surface area contributed by atoms with E-state index in [0.29, 0.717) is 19.5 Å². The Balaban J connectivity index is 1.42. The highest BCUT2D eigenvalue weighted by molar-refractivity contribution is 9.10. The maximum atomic E-state index is 12.0. The van der Waals surface area contributed by atoms with Crippen molar-refractivity contribution in [1.82, 2.24) is 5.32 Å². The lowest BCUT2D eigenvalue weighted by atomic mass is 10.2. The largest absolute Gasteiger partial charge is 0.454 e. The molecule has 0 aliphatic carbocycles. The minimum Gasteiger partial charge on any atom is -0.454 e. The van der Waals surface area contributed by atoms with E-state index in [0.717, 1.165) is 32.8 Å². The molecule has 1 aliphatic heterocycles. The van der Waals surface area contributed by atoms with Crippen molar-refractivity contribution in [1.29, 1.82) is 0 Å². The van der Waals surface area contributed by atoms with Crippen LogP contribution in [0.4, 0.5) is 5.69 Å². The van der Waals surface area contributed by atoms with Gasteiger partial charge in [0.1, 0.15) is 0 Å². The molecule has 5 nitrogen and oxygen atoms in total. The number of carbonyl (C=O) groups is 1. The SMILES string of the molecule is Cc1ccc(NC(=O)CCNCc2ccc3c(c2)OCO3)c(Br)c1. The summed E-state index contributed by atoms with van der Waals surface area (Å²) in [5.41, 5.74) is 3.03. The molecule has 1 amide bonds. The summed E-state index contributed by atoms with van der Waals surface area (Å²) in [4.78, 5) is 12.0. The van der Waals surface area contributed by atoms with Crippen LogP contribution in [-0.2, 0) is 11.3 Å². The van der Waals surface area contributed by atoms with Gasteiger partial charge in [-0.1, -0.05) is 12.1 Å². The molecule has 6 heteroatoms. The standard InChI is InChI=1S/C18H19BrN2O3/c1-12-2-4-15(14(19)8-12)21-18(22)6-7-20-10-13-3-5-16-17(9-13)24-11-23-16/h2-5,8-9,20H,6-7,10-11H2,1H3,(H,21,22). The van der Waals surface area contributed by atoms with Crippen LogP contribution < -0.4 is 20.1 Å². The monoisotopic (exact) mass is 390 g/mol. The molecule has 1 aliphatic rings. The maximum Gasteiger partial charge on any atom is 0.231 e. The van der Waals surface area contributed by atoms with E-state index < -0.39 is 0 Å². The van der Waals surface area contributed by atoms with Crippen LogP contribution in [0.15, 0.2) is 40.9 Å². The second-order valence-corrected chi connectivity index (χ2v) is 6.50. The van der Waals surface area contributed by atoms with Crippen molar-refractivity contribution in [2.75, 3.05) is 18.7 Å². The predicted molar refractivity (Wildman–Crippen MR) is 96.4 cm³/mol. The van der Waals surface area contributed by atoms with E-state index in [1.165, 1.54) is 0 Å². The van der Waals surface area contributed by atoms with Gasteiger partial charge >= 0.3 is 0 Å². The molecule has 3 rings (SSSR count). The molecule has 0 saturated carbocycles. The number of carbonyl (C=O) groups excluding carboxylic acids is 1. The van der Waals surface area contributed by atoms with Crippen LogP contribution in [0.25, 0.3) is 0 Å². The Labute approximate surface area is 149 Å². The minimum atomic E-state index is -0.0160. The first-order valence-corrected chi connectivity index (χ1v) is 8.56. The van der Waals surface area contributed by atoms with Crippen LogP contribution in [-0.4, -0.2) is 19.2 Å². The minimum absolute atomic E-state index is 0.0160. The van der Waals surface area contributed by atoms with Gasteiger partial charge in [-0.15, -0.1) is 0 Å². The lowest BCUT2D eigenvalue weighted by Gasteiger charge is -2.09. The first kappa shape index (κ1) is 16.8. The molecule has 0 fully saturated rings. The second kappa shape index (κ2) is 7.68. The van der Waals surface area contributed by atoms with Crippen molar-refractivity contribution < 1.29 is 14.3 Å². The Kier molecular flexibility index (Phi) is 5.37. The van der Waals surface area contributed by atoms with Gasteiger partial charge in [0, 0.05) is 24.0 Å². The van der Waals surface area contributed by atoms with Gasteiger partial charge in [-0.3, -0.25) is 4.79 Å². The molecule has 2 aromatic carbocycles. The number of amides is 1. The van der Waals surface area contributed by atoms with Crippen LogP contribution in [0.1, 0.15) is 17.5 Å². The van der Waals surface area contributed by atoms with E-state index in [2.05, 4.69) is 26.6 Å². The number of anilines is 1. The first-order chi connectivity index (χ1) is 11.6. The van der Waals surface area contributed by atoms with E-state index in [4.69, 9.17) is 9.47 Å². The summed E-state index contributed by atoms with van der Waals surface area (Å²) in [6.45, 7) is 3.57. The Morgan fingerprint density at radius 3 is 2.83 bits per heavy atom. The molecule has 0 radical (unpaired) electrons. The van der Waals surface area contributed by atoms with Crippen LogP contribution in [0.3, 0.4) is 0 Å². The number of hydrogen-bond acceptors (Lipinski definition) is 4. The molecular formula is C18H19BrN2O3. The summed E-state index contributed by atoms with van der Waals surface area (Å²) in [6, 6.07) is 11.7. The van der Waals surface area contributed by atoms with E-state index in [9.17, 15) is 4.79 Å². The third-order valence-electron chi connectivity index (χ3n) is 3.69. The maximum absolute atomic E-state index is 12.0. The molecule has 0 aromatic heterocycles. The normalized spacial score (nSPS) is 12.2. The third kappa shape index (κ3) is 4.27. The molecule has 0 atom stereocenters. The molecule has 126 valence electrons. The summed E-state index contributed by atoms with van der Waals surface area (Å²) in [5.74, 6) is 1.54. The number of ether oxygens (including phenoxy) is 2. The van der Waals surface area contributed by atoms with E-state index in [-0.39, 0.29) is 12.7 Å². The Bertz CT molecular complexity index is 749. The highest BCUT2D eigenvalue weighted by Gasteiger charge is 2.13. The second-order valence-electron chi connectivity index (χ2n) is 5.65. The van der Waals surface area contributed by atoms with Gasteiger partial charge in [0.05, 0.1) is 5.69 Å². The van der Waals surface area contributed by atoms with Crippen molar-refractivity contribution in [3.63, 3.8) is 0 Å². The fourth-order valence-corrected chi connectivity index (χ4v) is 3.01. The summed E-state index contributed by atoms with van der Waals surface area (Å²) >= 11 is 3.46. The fraction of sp³-hybridized carbons (Fsp3) is 0.278. The summed E-state index contributed by atoms with van der Waals surface area (Å²) in [7, 11) is 0. The van der Waals surface area contributed by atoms with Crippen molar-refractivity contribution in [2.24, 2.45) is 0 Å². The van der Waals surface area contributed by atoms with Crippen LogP contribution in [0.5, 0.6) is 11.5 Å². The number of halogens is 1. The van der Waals surface area contributed by atoms with Crippen LogP contribution >= 0.6 is 15.9 Å². The van der Waals surface area contributed by atoms with E-state index in [1.807, 2.05) is 43.3 Å². The first-order valence-electron chi connectivity index (χ1n) is 7.77. The average Bonchev–Trinajstić information content (AvgIpc) is 3.02. The van der Waals surface area contributed by atoms with Gasteiger partial charge in [-0.2, -0.15) is 0 Å². The van der Waals surface area contributed by atoms with Gasteiger partial charge in [0.15, 0.2) is 11.5 Å². The van der Waals surface area contributed by atoms with E-state index in [1.54, 1.807) is 0 Å². The van der Waals surface area contributed by atoms with Crippen molar-refractivity contribution >= 4 is 27.5 Å². The Morgan fingerprint density at radius 2 is 2.00 bits per heavy atom. The zero-order valence-corrected chi connectivity index (χ0v) is 15.0. The molecular weight excluding hydrogens is 372 g/mol. The fourth-order valence-electron chi connectivity index (χ4n) is 2.42. The molecule has 2 N–H and O–H groups in total. The predicted octanol–water partition coefficient (Wildman–Crippen LogP) is 3.60. The van der Waals surface area contributed by atoms with Gasteiger partial charge in [-0.25, -0.2) is 0 Å². The lowest BCUT2D eigenvalue weighted by molar-refractivity contribution is -0.116. The molecule has 1 heterocycles. The van der Waals surface area contributed by atoms with Crippen molar-refractivity contribution in [2.45, 2.75) is 19.9 Å².